The Morgan fingerprint density at radius 3 is 2.44 bits per heavy atom. The Balaban J connectivity index is 2.90. The van der Waals surface area contributed by atoms with Gasteiger partial charge in [-0.1, -0.05) is 13.8 Å². The molecule has 0 bridgehead atoms. The van der Waals surface area contributed by atoms with Crippen molar-refractivity contribution in [1.29, 1.82) is 0 Å². The van der Waals surface area contributed by atoms with E-state index in [4.69, 9.17) is 4.42 Å². The number of hydrogen-bond acceptors (Lipinski definition) is 1. The van der Waals surface area contributed by atoms with Crippen LogP contribution in [0.3, 0.4) is 0 Å². The Morgan fingerprint density at radius 1 is 1.56 bits per heavy atom. The molecule has 1 nitrogen and oxygen atoms in total. The van der Waals surface area contributed by atoms with Gasteiger partial charge in [-0.2, -0.15) is 0 Å². The molecule has 0 aliphatic heterocycles. The van der Waals surface area contributed by atoms with Crippen molar-refractivity contribution in [3.8, 4) is 0 Å². The minimum absolute atomic E-state index is 0.0208. The third-order valence-corrected chi connectivity index (χ3v) is 1.30. The van der Waals surface area contributed by atoms with E-state index in [9.17, 15) is 0 Å². The lowest BCUT2D eigenvalue weighted by Gasteiger charge is -2.14. The standard InChI is InChI=1S/C8H11O/c1-8(2,3)7-4-5-9-6-7/h4-6H,1H2,2-3H3. The molecule has 49 valence electrons. The second kappa shape index (κ2) is 1.90. The second-order valence-electron chi connectivity index (χ2n) is 2.90. The lowest BCUT2D eigenvalue weighted by Crippen LogP contribution is -2.09. The molecule has 1 heterocycles. The second-order valence-corrected chi connectivity index (χ2v) is 2.90. The summed E-state index contributed by atoms with van der Waals surface area (Å²) >= 11 is 0. The molecule has 1 rings (SSSR count). The van der Waals surface area contributed by atoms with Gasteiger partial charge in [0, 0.05) is 0 Å². The maximum absolute atomic E-state index is 4.90. The minimum Gasteiger partial charge on any atom is -0.472 e. The molecule has 0 aromatic carbocycles. The Labute approximate surface area is 55.7 Å². The Bertz CT molecular complexity index is 167. The van der Waals surface area contributed by atoms with Gasteiger partial charge in [0.1, 0.15) is 0 Å². The summed E-state index contributed by atoms with van der Waals surface area (Å²) in [6.45, 7) is 8.06. The molecule has 1 aromatic heterocycles. The minimum atomic E-state index is -0.0208. The van der Waals surface area contributed by atoms with Gasteiger partial charge in [-0.3, -0.25) is 0 Å². The highest BCUT2D eigenvalue weighted by Crippen LogP contribution is 2.20. The first-order valence-corrected chi connectivity index (χ1v) is 2.99. The topological polar surface area (TPSA) is 13.1 Å². The van der Waals surface area contributed by atoms with E-state index in [2.05, 4.69) is 20.8 Å². The van der Waals surface area contributed by atoms with Crippen molar-refractivity contribution in [2.75, 3.05) is 0 Å². The first-order valence-electron chi connectivity index (χ1n) is 2.99. The molecule has 1 aromatic rings. The van der Waals surface area contributed by atoms with Crippen molar-refractivity contribution in [3.63, 3.8) is 0 Å². The van der Waals surface area contributed by atoms with Gasteiger partial charge in [0.15, 0.2) is 0 Å². The summed E-state index contributed by atoms with van der Waals surface area (Å²) in [4.78, 5) is 0. The van der Waals surface area contributed by atoms with Gasteiger partial charge in [-0.05, 0) is 24.0 Å². The summed E-state index contributed by atoms with van der Waals surface area (Å²) in [5.41, 5.74) is 1.12. The monoisotopic (exact) mass is 123 g/mol. The highest BCUT2D eigenvalue weighted by molar-refractivity contribution is 5.18. The summed E-state index contributed by atoms with van der Waals surface area (Å²) in [6.07, 6.45) is 3.40. The van der Waals surface area contributed by atoms with Crippen molar-refractivity contribution in [2.24, 2.45) is 0 Å². The summed E-state index contributed by atoms with van der Waals surface area (Å²) in [7, 11) is 0. The zero-order valence-corrected chi connectivity index (χ0v) is 5.85. The van der Waals surface area contributed by atoms with Crippen molar-refractivity contribution < 1.29 is 4.42 Å². The predicted octanol–water partition coefficient (Wildman–Crippen LogP) is 2.39. The number of furan rings is 1. The first kappa shape index (κ1) is 6.40. The van der Waals surface area contributed by atoms with Crippen LogP contribution in [-0.2, 0) is 5.41 Å². The summed E-state index contributed by atoms with van der Waals surface area (Å²) in [6, 6.07) is 1.94. The van der Waals surface area contributed by atoms with E-state index >= 15 is 0 Å². The molecule has 0 aliphatic carbocycles. The predicted molar refractivity (Wildman–Crippen MR) is 37.1 cm³/mol. The molecule has 0 aliphatic rings. The molecular formula is C8H11O. The van der Waals surface area contributed by atoms with E-state index < -0.39 is 0 Å². The van der Waals surface area contributed by atoms with Gasteiger partial charge < -0.3 is 4.42 Å². The zero-order chi connectivity index (χ0) is 6.91. The van der Waals surface area contributed by atoms with Crippen LogP contribution >= 0.6 is 0 Å². The lowest BCUT2D eigenvalue weighted by atomic mass is 9.89. The van der Waals surface area contributed by atoms with E-state index in [-0.39, 0.29) is 5.41 Å². The van der Waals surface area contributed by atoms with Crippen LogP contribution in [0.15, 0.2) is 23.0 Å². The van der Waals surface area contributed by atoms with Gasteiger partial charge in [-0.15, -0.1) is 0 Å². The van der Waals surface area contributed by atoms with Crippen molar-refractivity contribution in [3.05, 3.63) is 31.1 Å². The van der Waals surface area contributed by atoms with Gasteiger partial charge in [0.05, 0.1) is 12.5 Å². The molecule has 0 N–H and O–H groups in total. The SMILES string of the molecule is [CH2]C(C)(C)c1ccoc1. The molecule has 1 heteroatoms. The van der Waals surface area contributed by atoms with Gasteiger partial charge in [0.25, 0.3) is 0 Å². The van der Waals surface area contributed by atoms with Crippen LogP contribution in [-0.4, -0.2) is 0 Å². The van der Waals surface area contributed by atoms with Crippen LogP contribution < -0.4 is 0 Å². The molecule has 0 fully saturated rings. The molecule has 0 unspecified atom stereocenters. The first-order chi connectivity index (χ1) is 4.11. The van der Waals surface area contributed by atoms with Gasteiger partial charge in [-0.25, -0.2) is 0 Å². The third kappa shape index (κ3) is 1.35. The van der Waals surface area contributed by atoms with Crippen molar-refractivity contribution >= 4 is 0 Å². The Morgan fingerprint density at radius 2 is 2.22 bits per heavy atom. The van der Waals surface area contributed by atoms with Crippen LogP contribution in [0.2, 0.25) is 0 Å². The normalized spacial score (nSPS) is 11.9. The summed E-state index contributed by atoms with van der Waals surface area (Å²) < 4.78 is 4.90. The average molecular weight is 123 g/mol. The van der Waals surface area contributed by atoms with Crippen LogP contribution in [0.5, 0.6) is 0 Å². The van der Waals surface area contributed by atoms with E-state index in [1.165, 1.54) is 0 Å². The van der Waals surface area contributed by atoms with Crippen LogP contribution in [0, 0.1) is 6.92 Å². The van der Waals surface area contributed by atoms with Gasteiger partial charge >= 0.3 is 0 Å². The zero-order valence-electron chi connectivity index (χ0n) is 5.85. The quantitative estimate of drug-likeness (QED) is 0.558. The molecule has 0 spiro atoms. The van der Waals surface area contributed by atoms with Crippen molar-refractivity contribution in [2.45, 2.75) is 19.3 Å². The molecule has 0 saturated carbocycles. The fourth-order valence-electron chi connectivity index (χ4n) is 0.650. The van der Waals surface area contributed by atoms with Crippen LogP contribution in [0.1, 0.15) is 19.4 Å². The largest absolute Gasteiger partial charge is 0.472 e. The number of hydrogen-bond donors (Lipinski definition) is 0. The van der Waals surface area contributed by atoms with E-state index in [0.29, 0.717) is 0 Å². The summed E-state index contributed by atoms with van der Waals surface area (Å²) in [5.74, 6) is 0. The Hall–Kier alpha value is -0.720. The highest BCUT2D eigenvalue weighted by atomic mass is 16.3. The van der Waals surface area contributed by atoms with Crippen molar-refractivity contribution in [1.82, 2.24) is 0 Å². The highest BCUT2D eigenvalue weighted by Gasteiger charge is 2.13. The molecule has 9 heavy (non-hydrogen) atoms. The molecule has 0 amide bonds. The average Bonchev–Trinajstić information content (AvgIpc) is 2.08. The summed E-state index contributed by atoms with van der Waals surface area (Å²) in [5, 5.41) is 0. The van der Waals surface area contributed by atoms with E-state index in [1.807, 2.05) is 6.07 Å². The molecular weight excluding hydrogens is 112 g/mol. The van der Waals surface area contributed by atoms with E-state index in [1.54, 1.807) is 12.5 Å². The third-order valence-electron chi connectivity index (χ3n) is 1.30. The molecule has 0 atom stereocenters. The fourth-order valence-corrected chi connectivity index (χ4v) is 0.650. The lowest BCUT2D eigenvalue weighted by molar-refractivity contribution is 0.552. The number of rotatable bonds is 1. The van der Waals surface area contributed by atoms with Crippen LogP contribution in [0.25, 0.3) is 0 Å². The maximum atomic E-state index is 4.90. The smallest absolute Gasteiger partial charge is 0.0939 e. The van der Waals surface area contributed by atoms with Gasteiger partial charge in [0.2, 0.25) is 0 Å². The fraction of sp³-hybridized carbons (Fsp3) is 0.375. The molecule has 0 saturated heterocycles. The van der Waals surface area contributed by atoms with Crippen LogP contribution in [0.4, 0.5) is 0 Å². The maximum Gasteiger partial charge on any atom is 0.0939 e. The van der Waals surface area contributed by atoms with E-state index in [0.717, 1.165) is 5.56 Å². The Kier molecular flexibility index (Phi) is 1.35. The molecule has 1 radical (unpaired) electrons.